The lowest BCUT2D eigenvalue weighted by Crippen LogP contribution is -2.35. The van der Waals surface area contributed by atoms with Crippen molar-refractivity contribution in [2.75, 3.05) is 0 Å². The fraction of sp³-hybridized carbons (Fsp3) is 0.273. The Morgan fingerprint density at radius 1 is 1.44 bits per heavy atom. The highest BCUT2D eigenvalue weighted by molar-refractivity contribution is 6.07. The second-order valence-corrected chi connectivity index (χ2v) is 3.86. The molecule has 1 aromatic rings. The number of hydrogen-bond acceptors (Lipinski definition) is 3. The predicted molar refractivity (Wildman–Crippen MR) is 63.9 cm³/mol. The Morgan fingerprint density at radius 3 is 3.00 bits per heavy atom. The van der Waals surface area contributed by atoms with Crippen molar-refractivity contribution >= 4 is 30.0 Å². The van der Waals surface area contributed by atoms with E-state index in [0.29, 0.717) is 5.96 Å². The van der Waals surface area contributed by atoms with Crippen LogP contribution in [0.5, 0.6) is 0 Å². The van der Waals surface area contributed by atoms with Crippen LogP contribution in [0.3, 0.4) is 0 Å². The number of carbonyl (C=O) groups is 1. The van der Waals surface area contributed by atoms with Gasteiger partial charge in [-0.3, -0.25) is 10.1 Å². The molecule has 0 bridgehead atoms. The van der Waals surface area contributed by atoms with Gasteiger partial charge in [0.25, 0.3) is 0 Å². The minimum Gasteiger partial charge on any atom is -0.326 e. The van der Waals surface area contributed by atoms with Crippen molar-refractivity contribution in [3.63, 3.8) is 0 Å². The average Bonchev–Trinajstić information content (AvgIpc) is 2.52. The molecule has 1 saturated heterocycles. The molecule has 4 nitrogen and oxygen atoms in total. The molecule has 2 aliphatic rings. The van der Waals surface area contributed by atoms with Crippen LogP contribution < -0.4 is 5.32 Å². The summed E-state index contributed by atoms with van der Waals surface area (Å²) in [4.78, 5) is 17.9. The second kappa shape index (κ2) is 3.79. The standard InChI is InChI=1S/C11H11N3O.ClH/c1-7-10(15)13-11-12-9-5-3-2-4-8(9)6-14(7)11;/h2-5,7H,6H2,1H3,(H,12,13,15);1H/t7-;/m1./s1. The monoisotopic (exact) mass is 237 g/mol. The largest absolute Gasteiger partial charge is 0.326 e. The van der Waals surface area contributed by atoms with E-state index in [1.165, 1.54) is 5.56 Å². The van der Waals surface area contributed by atoms with Crippen molar-refractivity contribution in [3.05, 3.63) is 29.8 Å². The molecular formula is C11H12ClN3O. The van der Waals surface area contributed by atoms with E-state index in [0.717, 1.165) is 12.2 Å². The Hall–Kier alpha value is -1.55. The summed E-state index contributed by atoms with van der Waals surface area (Å²) in [7, 11) is 0. The van der Waals surface area contributed by atoms with E-state index >= 15 is 0 Å². The van der Waals surface area contributed by atoms with Crippen molar-refractivity contribution < 1.29 is 4.79 Å². The van der Waals surface area contributed by atoms with Crippen LogP contribution in [0.2, 0.25) is 0 Å². The molecule has 84 valence electrons. The minimum absolute atomic E-state index is 0. The Kier molecular flexibility index (Phi) is 2.59. The number of carbonyl (C=O) groups excluding carboxylic acids is 1. The number of hydrogen-bond donors (Lipinski definition) is 1. The number of benzene rings is 1. The lowest BCUT2D eigenvalue weighted by atomic mass is 10.1. The first kappa shape index (κ1) is 11.0. The Labute approximate surface area is 99.8 Å². The topological polar surface area (TPSA) is 44.7 Å². The van der Waals surface area contributed by atoms with E-state index in [4.69, 9.17) is 0 Å². The van der Waals surface area contributed by atoms with Crippen molar-refractivity contribution in [3.8, 4) is 0 Å². The highest BCUT2D eigenvalue weighted by Gasteiger charge is 2.35. The van der Waals surface area contributed by atoms with Crippen molar-refractivity contribution in [1.82, 2.24) is 10.2 Å². The molecule has 1 atom stereocenters. The molecule has 2 aliphatic heterocycles. The van der Waals surface area contributed by atoms with Gasteiger partial charge in [-0.15, -0.1) is 12.4 Å². The van der Waals surface area contributed by atoms with Gasteiger partial charge in [-0.2, -0.15) is 0 Å². The minimum atomic E-state index is -0.114. The summed E-state index contributed by atoms with van der Waals surface area (Å²) in [5.41, 5.74) is 2.13. The number of rotatable bonds is 0. The molecule has 0 aliphatic carbocycles. The zero-order chi connectivity index (χ0) is 10.4. The van der Waals surface area contributed by atoms with Gasteiger partial charge in [0, 0.05) is 6.54 Å². The van der Waals surface area contributed by atoms with Gasteiger partial charge in [0.1, 0.15) is 6.04 Å². The number of para-hydroxylation sites is 1. The molecule has 1 aromatic carbocycles. The highest BCUT2D eigenvalue weighted by atomic mass is 35.5. The van der Waals surface area contributed by atoms with Gasteiger partial charge in [-0.1, -0.05) is 18.2 Å². The van der Waals surface area contributed by atoms with E-state index in [9.17, 15) is 4.79 Å². The fourth-order valence-corrected chi connectivity index (χ4v) is 1.97. The molecule has 1 amide bonds. The van der Waals surface area contributed by atoms with Crippen molar-refractivity contribution in [2.45, 2.75) is 19.5 Å². The smallest absolute Gasteiger partial charge is 0.249 e. The van der Waals surface area contributed by atoms with Gasteiger partial charge in [0.15, 0.2) is 0 Å². The summed E-state index contributed by atoms with van der Waals surface area (Å²) in [6.07, 6.45) is 0. The molecule has 0 spiro atoms. The fourth-order valence-electron chi connectivity index (χ4n) is 1.97. The van der Waals surface area contributed by atoms with Gasteiger partial charge < -0.3 is 4.90 Å². The van der Waals surface area contributed by atoms with Crippen LogP contribution in [-0.2, 0) is 11.3 Å². The van der Waals surface area contributed by atoms with Gasteiger partial charge in [0.05, 0.1) is 5.69 Å². The van der Waals surface area contributed by atoms with Crippen LogP contribution in [0.4, 0.5) is 5.69 Å². The Morgan fingerprint density at radius 2 is 2.19 bits per heavy atom. The van der Waals surface area contributed by atoms with Crippen molar-refractivity contribution in [1.29, 1.82) is 0 Å². The summed E-state index contributed by atoms with van der Waals surface area (Å²) < 4.78 is 0. The summed E-state index contributed by atoms with van der Waals surface area (Å²) in [5.74, 6) is 0.716. The molecule has 0 aromatic heterocycles. The Bertz CT molecular complexity index is 472. The van der Waals surface area contributed by atoms with Gasteiger partial charge in [-0.25, -0.2) is 4.99 Å². The molecule has 3 rings (SSSR count). The summed E-state index contributed by atoms with van der Waals surface area (Å²) >= 11 is 0. The first-order valence-corrected chi connectivity index (χ1v) is 5.00. The van der Waals surface area contributed by atoms with Crippen LogP contribution in [-0.4, -0.2) is 22.8 Å². The number of fused-ring (bicyclic) bond motifs is 2. The maximum atomic E-state index is 11.5. The van der Waals surface area contributed by atoms with Crippen LogP contribution in [0.1, 0.15) is 12.5 Å². The molecule has 0 unspecified atom stereocenters. The third-order valence-corrected chi connectivity index (χ3v) is 2.91. The quantitative estimate of drug-likeness (QED) is 0.742. The molecular weight excluding hydrogens is 226 g/mol. The van der Waals surface area contributed by atoms with Crippen LogP contribution >= 0.6 is 12.4 Å². The third-order valence-electron chi connectivity index (χ3n) is 2.91. The molecule has 1 fully saturated rings. The molecule has 5 heteroatoms. The number of nitrogens with zero attached hydrogens (tertiary/aromatic N) is 2. The average molecular weight is 238 g/mol. The summed E-state index contributed by atoms with van der Waals surface area (Å²) in [6.45, 7) is 2.65. The van der Waals surface area contributed by atoms with Crippen LogP contribution in [0.15, 0.2) is 29.3 Å². The number of aliphatic imine (C=N–C) groups is 1. The van der Waals surface area contributed by atoms with E-state index < -0.39 is 0 Å². The van der Waals surface area contributed by atoms with Crippen LogP contribution in [0, 0.1) is 0 Å². The van der Waals surface area contributed by atoms with Gasteiger partial charge in [-0.05, 0) is 18.6 Å². The van der Waals surface area contributed by atoms with Gasteiger partial charge >= 0.3 is 0 Å². The predicted octanol–water partition coefficient (Wildman–Crippen LogP) is 1.43. The lowest BCUT2D eigenvalue weighted by Gasteiger charge is -2.25. The van der Waals surface area contributed by atoms with Gasteiger partial charge in [0.2, 0.25) is 11.9 Å². The second-order valence-electron chi connectivity index (χ2n) is 3.86. The molecule has 16 heavy (non-hydrogen) atoms. The summed E-state index contributed by atoms with van der Waals surface area (Å²) in [6, 6.07) is 7.85. The first-order chi connectivity index (χ1) is 7.25. The SMILES string of the molecule is C[C@@H]1C(=O)NC2=Nc3ccccc3CN21.Cl. The maximum Gasteiger partial charge on any atom is 0.249 e. The van der Waals surface area contributed by atoms with Crippen molar-refractivity contribution in [2.24, 2.45) is 4.99 Å². The molecule has 0 radical (unpaired) electrons. The zero-order valence-corrected chi connectivity index (χ0v) is 9.62. The number of amides is 1. The van der Waals surface area contributed by atoms with E-state index in [1.807, 2.05) is 36.1 Å². The maximum absolute atomic E-state index is 11.5. The van der Waals surface area contributed by atoms with E-state index in [2.05, 4.69) is 10.3 Å². The lowest BCUT2D eigenvalue weighted by molar-refractivity contribution is -0.121. The first-order valence-electron chi connectivity index (χ1n) is 5.00. The third kappa shape index (κ3) is 1.46. The Balaban J connectivity index is 0.000000963. The molecule has 1 N–H and O–H groups in total. The summed E-state index contributed by atoms with van der Waals surface area (Å²) in [5, 5.41) is 2.78. The zero-order valence-electron chi connectivity index (χ0n) is 8.80. The van der Waals surface area contributed by atoms with Crippen LogP contribution in [0.25, 0.3) is 0 Å². The number of halogens is 1. The molecule has 0 saturated carbocycles. The normalized spacial score (nSPS) is 21.6. The number of nitrogens with one attached hydrogen (secondary N) is 1. The van der Waals surface area contributed by atoms with E-state index in [-0.39, 0.29) is 24.4 Å². The number of guanidine groups is 1. The molecule has 2 heterocycles. The van der Waals surface area contributed by atoms with E-state index in [1.54, 1.807) is 0 Å². The highest BCUT2D eigenvalue weighted by Crippen LogP contribution is 2.28.